The van der Waals surface area contributed by atoms with Gasteiger partial charge >= 0.3 is 11.4 Å². The van der Waals surface area contributed by atoms with Crippen molar-refractivity contribution in [2.24, 2.45) is 4.99 Å². The first-order valence-electron chi connectivity index (χ1n) is 10.7. The Bertz CT molecular complexity index is 1490. The molecular weight excluding hydrogens is 477 g/mol. The Hall–Kier alpha value is -4.33. The van der Waals surface area contributed by atoms with Crippen LogP contribution in [0, 0.1) is 5.82 Å². The number of nitrogens with zero attached hydrogens (tertiary/aromatic N) is 4. The number of benzene rings is 2. The minimum absolute atomic E-state index is 0.0985. The SMILES string of the molecule is O=c1[nH]/c(=N\c2ccc(Oc3ccon3)cc2)n(Cc2ccc(F)cc2)c(=O)n1CC(O)(CO)CO. The summed E-state index contributed by atoms with van der Waals surface area (Å²) in [4.78, 5) is 32.8. The van der Waals surface area contributed by atoms with Gasteiger partial charge in [-0.05, 0) is 47.1 Å². The first-order chi connectivity index (χ1) is 17.3. The minimum Gasteiger partial charge on any atom is -0.436 e. The van der Waals surface area contributed by atoms with Crippen LogP contribution in [-0.2, 0) is 13.1 Å². The Morgan fingerprint density at radius 2 is 1.72 bits per heavy atom. The highest BCUT2D eigenvalue weighted by Gasteiger charge is 2.28. The number of aromatic nitrogens is 4. The first kappa shape index (κ1) is 24.8. The lowest BCUT2D eigenvalue weighted by atomic mass is 10.1. The Morgan fingerprint density at radius 3 is 2.33 bits per heavy atom. The number of aliphatic hydroxyl groups is 3. The van der Waals surface area contributed by atoms with Crippen LogP contribution in [0.4, 0.5) is 10.1 Å². The average molecular weight is 499 g/mol. The second kappa shape index (κ2) is 10.5. The monoisotopic (exact) mass is 499 g/mol. The Balaban J connectivity index is 1.77. The fourth-order valence-electron chi connectivity index (χ4n) is 3.23. The van der Waals surface area contributed by atoms with Gasteiger partial charge in [-0.2, -0.15) is 0 Å². The molecule has 0 bridgehead atoms. The average Bonchev–Trinajstić information content (AvgIpc) is 3.39. The van der Waals surface area contributed by atoms with Gasteiger partial charge in [0.2, 0.25) is 5.62 Å². The highest BCUT2D eigenvalue weighted by atomic mass is 19.1. The molecule has 4 N–H and O–H groups in total. The highest BCUT2D eigenvalue weighted by molar-refractivity contribution is 5.41. The molecule has 0 unspecified atom stereocenters. The third-order valence-corrected chi connectivity index (χ3v) is 5.18. The molecule has 0 saturated heterocycles. The zero-order valence-corrected chi connectivity index (χ0v) is 18.7. The quantitative estimate of drug-likeness (QED) is 0.254. The van der Waals surface area contributed by atoms with Crippen molar-refractivity contribution in [3.05, 3.63) is 98.8 Å². The number of halogens is 1. The van der Waals surface area contributed by atoms with Crippen molar-refractivity contribution in [1.29, 1.82) is 0 Å². The standard InChI is InChI=1S/C23H22FN5O7/c24-16-3-1-15(2-4-16)11-28-20(26-21(32)29(22(28)33)12-23(34,13-30)14-31)25-17-5-7-18(8-6-17)36-19-9-10-35-27-19/h1-10,30-31,34H,11-14H2,(H,25,26,32). The van der Waals surface area contributed by atoms with Gasteiger partial charge in [-0.1, -0.05) is 12.1 Å². The van der Waals surface area contributed by atoms with E-state index in [1.807, 2.05) is 0 Å². The van der Waals surface area contributed by atoms with Crippen molar-refractivity contribution in [2.45, 2.75) is 18.7 Å². The second-order valence-corrected chi connectivity index (χ2v) is 7.92. The van der Waals surface area contributed by atoms with E-state index in [1.165, 1.54) is 36.6 Å². The lowest BCUT2D eigenvalue weighted by Crippen LogP contribution is -2.55. The van der Waals surface area contributed by atoms with E-state index in [-0.39, 0.29) is 18.0 Å². The Labute approximate surface area is 201 Å². The number of hydrogen-bond donors (Lipinski definition) is 4. The van der Waals surface area contributed by atoms with Crippen LogP contribution < -0.4 is 21.7 Å². The summed E-state index contributed by atoms with van der Waals surface area (Å²) < 4.78 is 25.3. The van der Waals surface area contributed by atoms with E-state index in [9.17, 15) is 29.3 Å². The number of rotatable bonds is 9. The van der Waals surface area contributed by atoms with E-state index < -0.39 is 42.6 Å². The summed E-state index contributed by atoms with van der Waals surface area (Å²) in [5, 5.41) is 32.7. The van der Waals surface area contributed by atoms with Gasteiger partial charge in [0.25, 0.3) is 5.88 Å². The number of nitrogens with one attached hydrogen (secondary N) is 1. The predicted octanol–water partition coefficient (Wildman–Crippen LogP) is 0.254. The Kier molecular flexibility index (Phi) is 7.24. The molecule has 0 radical (unpaired) electrons. The van der Waals surface area contributed by atoms with Crippen LogP contribution in [0.25, 0.3) is 0 Å². The number of aromatic amines is 1. The number of ether oxygens (including phenoxy) is 1. The smallest absolute Gasteiger partial charge is 0.335 e. The molecule has 13 heteroatoms. The maximum absolute atomic E-state index is 13.4. The molecule has 0 spiro atoms. The summed E-state index contributed by atoms with van der Waals surface area (Å²) >= 11 is 0. The largest absolute Gasteiger partial charge is 0.436 e. The molecule has 12 nitrogen and oxygen atoms in total. The summed E-state index contributed by atoms with van der Waals surface area (Å²) in [7, 11) is 0. The zero-order valence-electron chi connectivity index (χ0n) is 18.7. The van der Waals surface area contributed by atoms with E-state index in [0.717, 1.165) is 4.57 Å². The summed E-state index contributed by atoms with van der Waals surface area (Å²) in [6.45, 7) is -2.55. The lowest BCUT2D eigenvalue weighted by molar-refractivity contribution is -0.0676. The second-order valence-electron chi connectivity index (χ2n) is 7.92. The number of H-pyrrole nitrogens is 1. The molecule has 2 heterocycles. The highest BCUT2D eigenvalue weighted by Crippen LogP contribution is 2.22. The van der Waals surface area contributed by atoms with Crippen molar-refractivity contribution in [1.82, 2.24) is 19.3 Å². The molecule has 0 aliphatic carbocycles. The van der Waals surface area contributed by atoms with Crippen molar-refractivity contribution >= 4 is 5.69 Å². The van der Waals surface area contributed by atoms with Crippen molar-refractivity contribution in [3.8, 4) is 11.6 Å². The van der Waals surface area contributed by atoms with Gasteiger partial charge in [-0.15, -0.1) is 0 Å². The molecule has 4 aromatic rings. The maximum atomic E-state index is 13.4. The third-order valence-electron chi connectivity index (χ3n) is 5.18. The van der Waals surface area contributed by atoms with E-state index in [1.54, 1.807) is 24.3 Å². The van der Waals surface area contributed by atoms with Gasteiger partial charge in [-0.3, -0.25) is 9.55 Å². The van der Waals surface area contributed by atoms with Crippen LogP contribution in [0.2, 0.25) is 0 Å². The van der Waals surface area contributed by atoms with Crippen LogP contribution in [0.1, 0.15) is 5.56 Å². The van der Waals surface area contributed by atoms with Crippen molar-refractivity contribution in [3.63, 3.8) is 0 Å². The summed E-state index contributed by atoms with van der Waals surface area (Å²) in [6, 6.07) is 13.3. The lowest BCUT2D eigenvalue weighted by Gasteiger charge is -2.23. The molecule has 0 aliphatic heterocycles. The molecule has 0 aliphatic rings. The van der Waals surface area contributed by atoms with Gasteiger partial charge in [0.15, 0.2) is 0 Å². The molecule has 0 atom stereocenters. The Morgan fingerprint density at radius 1 is 1.03 bits per heavy atom. The molecular formula is C23H22FN5O7. The molecule has 0 amide bonds. The molecule has 36 heavy (non-hydrogen) atoms. The van der Waals surface area contributed by atoms with Gasteiger partial charge in [0, 0.05) is 6.07 Å². The van der Waals surface area contributed by atoms with Crippen molar-refractivity contribution < 1.29 is 29.0 Å². The minimum atomic E-state index is -2.11. The van der Waals surface area contributed by atoms with Gasteiger partial charge in [0.05, 0.1) is 32.0 Å². The van der Waals surface area contributed by atoms with E-state index >= 15 is 0 Å². The normalized spacial score (nSPS) is 12.2. The maximum Gasteiger partial charge on any atom is 0.335 e. The van der Waals surface area contributed by atoms with Crippen LogP contribution in [0.3, 0.4) is 0 Å². The van der Waals surface area contributed by atoms with Crippen LogP contribution >= 0.6 is 0 Å². The first-order valence-corrected chi connectivity index (χ1v) is 10.7. The molecule has 2 aromatic heterocycles. The zero-order chi connectivity index (χ0) is 25.7. The van der Waals surface area contributed by atoms with E-state index in [0.29, 0.717) is 21.6 Å². The third kappa shape index (κ3) is 5.66. The van der Waals surface area contributed by atoms with E-state index in [2.05, 4.69) is 15.1 Å². The van der Waals surface area contributed by atoms with Crippen molar-refractivity contribution in [2.75, 3.05) is 13.2 Å². The van der Waals surface area contributed by atoms with Gasteiger partial charge in [0.1, 0.15) is 23.4 Å². The van der Waals surface area contributed by atoms with Gasteiger partial charge in [-0.25, -0.2) is 23.5 Å². The molecule has 2 aromatic carbocycles. The molecule has 0 fully saturated rings. The van der Waals surface area contributed by atoms with Gasteiger partial charge < -0.3 is 24.6 Å². The molecule has 188 valence electrons. The number of hydrogen-bond acceptors (Lipinski definition) is 9. The fraction of sp³-hybridized carbons (Fsp3) is 0.217. The van der Waals surface area contributed by atoms with E-state index in [4.69, 9.17) is 9.26 Å². The van der Waals surface area contributed by atoms with Crippen LogP contribution in [0.5, 0.6) is 11.6 Å². The summed E-state index contributed by atoms with van der Waals surface area (Å²) in [6.07, 6.45) is 1.36. The van der Waals surface area contributed by atoms with Crippen LogP contribution in [0.15, 0.2) is 80.0 Å². The molecule has 4 rings (SSSR count). The fourth-order valence-corrected chi connectivity index (χ4v) is 3.23. The topological polar surface area (TPSA) is 168 Å². The molecule has 0 saturated carbocycles. The summed E-state index contributed by atoms with van der Waals surface area (Å²) in [5.41, 5.74) is -3.11. The summed E-state index contributed by atoms with van der Waals surface area (Å²) in [5.74, 6) is 0.241. The van der Waals surface area contributed by atoms with Crippen LogP contribution in [-0.4, -0.2) is 53.4 Å². The number of aliphatic hydroxyl groups excluding tert-OH is 2. The predicted molar refractivity (Wildman–Crippen MR) is 122 cm³/mol.